The number of hydrogen-bond acceptors (Lipinski definition) is 9. The average molecular weight is 514 g/mol. The van der Waals surface area contributed by atoms with Gasteiger partial charge < -0.3 is 15.4 Å². The van der Waals surface area contributed by atoms with Crippen molar-refractivity contribution in [3.63, 3.8) is 0 Å². The predicted octanol–water partition coefficient (Wildman–Crippen LogP) is 2.78. The number of amides is 1. The number of nitrogens with zero attached hydrogens (tertiary/aromatic N) is 5. The third-order valence-electron chi connectivity index (χ3n) is 6.46. The number of nitrogen functional groups attached to an aromatic ring is 1. The SMILES string of the molecule is CC(C)Oc1cnn(-c2ccc(C(=O)NS(=O)(=O)c3cccc(N)n3)c(N3CCC(C)C3(C)C)n2)c1. The van der Waals surface area contributed by atoms with E-state index in [1.165, 1.54) is 18.2 Å². The fourth-order valence-electron chi connectivity index (χ4n) is 4.13. The Morgan fingerprint density at radius 1 is 1.22 bits per heavy atom. The Balaban J connectivity index is 1.74. The minimum atomic E-state index is -4.25. The van der Waals surface area contributed by atoms with Crippen LogP contribution < -0.4 is 20.1 Å². The van der Waals surface area contributed by atoms with Gasteiger partial charge in [-0.15, -0.1) is 0 Å². The van der Waals surface area contributed by atoms with Crippen molar-refractivity contribution in [2.45, 2.75) is 57.7 Å². The van der Waals surface area contributed by atoms with E-state index in [9.17, 15) is 13.2 Å². The van der Waals surface area contributed by atoms with Crippen molar-refractivity contribution in [3.05, 3.63) is 48.3 Å². The standard InChI is InChI=1S/C24H31N7O4S/c1-15(2)35-17-13-26-31(14-17)20-10-9-18(22(28-20)30-12-11-16(3)24(30,4)5)23(32)29-36(33,34)21-8-6-7-19(25)27-21/h6-10,13-16H,11-12H2,1-5H3,(H2,25,27)(H,29,32). The van der Waals surface area contributed by atoms with E-state index in [4.69, 9.17) is 15.5 Å². The van der Waals surface area contributed by atoms with Gasteiger partial charge >= 0.3 is 0 Å². The summed E-state index contributed by atoms with van der Waals surface area (Å²) in [6, 6.07) is 7.36. The number of sulfonamides is 1. The Morgan fingerprint density at radius 3 is 2.61 bits per heavy atom. The lowest BCUT2D eigenvalue weighted by Gasteiger charge is -2.36. The number of hydrogen-bond donors (Lipinski definition) is 2. The Bertz CT molecular complexity index is 1380. The molecule has 3 aromatic rings. The molecular formula is C24H31N7O4S. The Kier molecular flexibility index (Phi) is 6.65. The Morgan fingerprint density at radius 2 is 1.97 bits per heavy atom. The zero-order chi connectivity index (χ0) is 26.3. The number of nitrogens with two attached hydrogens (primary N) is 1. The van der Waals surface area contributed by atoms with E-state index in [2.05, 4.69) is 35.6 Å². The van der Waals surface area contributed by atoms with Crippen LogP contribution in [0.5, 0.6) is 5.75 Å². The predicted molar refractivity (Wildman–Crippen MR) is 136 cm³/mol. The van der Waals surface area contributed by atoms with Crippen LogP contribution in [0, 0.1) is 5.92 Å². The summed E-state index contributed by atoms with van der Waals surface area (Å²) in [5.74, 6) is 0.978. The summed E-state index contributed by atoms with van der Waals surface area (Å²) in [5.41, 5.74) is 5.43. The largest absolute Gasteiger partial charge is 0.488 e. The highest BCUT2D eigenvalue weighted by molar-refractivity contribution is 7.90. The third kappa shape index (κ3) is 4.99. The van der Waals surface area contributed by atoms with Crippen LogP contribution in [0.3, 0.4) is 0 Å². The molecule has 4 rings (SSSR count). The lowest BCUT2D eigenvalue weighted by Crippen LogP contribution is -2.44. The molecular weight excluding hydrogens is 482 g/mol. The zero-order valence-electron chi connectivity index (χ0n) is 21.0. The second kappa shape index (κ2) is 9.41. The van der Waals surface area contributed by atoms with Gasteiger partial charge in [-0.05, 0) is 64.3 Å². The molecule has 36 heavy (non-hydrogen) atoms. The molecule has 3 aromatic heterocycles. The first-order valence-corrected chi connectivity index (χ1v) is 13.2. The summed E-state index contributed by atoms with van der Waals surface area (Å²) >= 11 is 0. The van der Waals surface area contributed by atoms with Crippen molar-refractivity contribution in [3.8, 4) is 11.6 Å². The molecule has 0 aromatic carbocycles. The number of rotatable bonds is 7. The molecule has 1 amide bonds. The first-order valence-electron chi connectivity index (χ1n) is 11.7. The van der Waals surface area contributed by atoms with Crippen LogP contribution in [0.25, 0.3) is 5.82 Å². The van der Waals surface area contributed by atoms with Crippen molar-refractivity contribution in [1.29, 1.82) is 0 Å². The van der Waals surface area contributed by atoms with Crippen LogP contribution in [-0.4, -0.2) is 52.3 Å². The van der Waals surface area contributed by atoms with Gasteiger partial charge in [-0.25, -0.2) is 19.4 Å². The lowest BCUT2D eigenvalue weighted by atomic mass is 9.90. The van der Waals surface area contributed by atoms with Crippen LogP contribution >= 0.6 is 0 Å². The van der Waals surface area contributed by atoms with Crippen LogP contribution in [0.1, 0.15) is 51.4 Å². The molecule has 1 aliphatic heterocycles. The van der Waals surface area contributed by atoms with Gasteiger partial charge in [-0.3, -0.25) is 4.79 Å². The molecule has 1 saturated heterocycles. The molecule has 11 nitrogen and oxygen atoms in total. The molecule has 192 valence electrons. The summed E-state index contributed by atoms with van der Waals surface area (Å²) in [4.78, 5) is 23.9. The van der Waals surface area contributed by atoms with Crippen LogP contribution in [0.2, 0.25) is 0 Å². The van der Waals surface area contributed by atoms with Crippen molar-refractivity contribution < 1.29 is 17.9 Å². The van der Waals surface area contributed by atoms with E-state index in [1.54, 1.807) is 29.2 Å². The van der Waals surface area contributed by atoms with Gasteiger partial charge in [0.15, 0.2) is 16.6 Å². The molecule has 0 spiro atoms. The first-order chi connectivity index (χ1) is 16.9. The topological polar surface area (TPSA) is 145 Å². The zero-order valence-corrected chi connectivity index (χ0v) is 21.8. The van der Waals surface area contributed by atoms with Gasteiger partial charge in [0.2, 0.25) is 0 Å². The fourth-order valence-corrected chi connectivity index (χ4v) is 5.07. The molecule has 1 fully saturated rings. The highest BCUT2D eigenvalue weighted by Gasteiger charge is 2.41. The second-order valence-electron chi connectivity index (χ2n) is 9.66. The highest BCUT2D eigenvalue weighted by Crippen LogP contribution is 2.39. The molecule has 1 atom stereocenters. The van der Waals surface area contributed by atoms with Crippen molar-refractivity contribution >= 4 is 27.6 Å². The normalized spacial score (nSPS) is 17.4. The maximum atomic E-state index is 13.3. The van der Waals surface area contributed by atoms with E-state index < -0.39 is 15.9 Å². The van der Waals surface area contributed by atoms with Crippen molar-refractivity contribution in [2.24, 2.45) is 5.92 Å². The van der Waals surface area contributed by atoms with E-state index in [1.807, 2.05) is 18.7 Å². The van der Waals surface area contributed by atoms with Crippen LogP contribution in [0.15, 0.2) is 47.8 Å². The summed E-state index contributed by atoms with van der Waals surface area (Å²) in [7, 11) is -4.25. The summed E-state index contributed by atoms with van der Waals surface area (Å²) in [5, 5.41) is 3.99. The molecule has 0 saturated carbocycles. The molecule has 1 aliphatic rings. The third-order valence-corrected chi connectivity index (χ3v) is 7.69. The fraction of sp³-hybridized carbons (Fsp3) is 0.417. The van der Waals surface area contributed by atoms with Crippen molar-refractivity contribution in [2.75, 3.05) is 17.2 Å². The molecule has 0 aliphatic carbocycles. The van der Waals surface area contributed by atoms with Crippen LogP contribution in [-0.2, 0) is 10.0 Å². The first kappa shape index (κ1) is 25.4. The minimum Gasteiger partial charge on any atom is -0.488 e. The smallest absolute Gasteiger partial charge is 0.281 e. The summed E-state index contributed by atoms with van der Waals surface area (Å²) in [6.07, 6.45) is 4.19. The van der Waals surface area contributed by atoms with Gasteiger partial charge in [-0.2, -0.15) is 13.5 Å². The number of pyridine rings is 2. The Labute approximate surface area is 210 Å². The minimum absolute atomic E-state index is 0.0134. The van der Waals surface area contributed by atoms with E-state index in [-0.39, 0.29) is 28.1 Å². The van der Waals surface area contributed by atoms with Gasteiger partial charge in [0.25, 0.3) is 15.9 Å². The maximum absolute atomic E-state index is 13.3. The van der Waals surface area contributed by atoms with E-state index in [0.717, 1.165) is 6.42 Å². The summed E-state index contributed by atoms with van der Waals surface area (Å²) in [6.45, 7) is 10.8. The van der Waals surface area contributed by atoms with E-state index >= 15 is 0 Å². The average Bonchev–Trinajstić information content (AvgIpc) is 3.36. The Hall–Kier alpha value is -3.67. The highest BCUT2D eigenvalue weighted by atomic mass is 32.2. The van der Waals surface area contributed by atoms with Crippen LogP contribution in [0.4, 0.5) is 11.6 Å². The second-order valence-corrected chi connectivity index (χ2v) is 11.3. The number of nitrogens with one attached hydrogen (secondary N) is 1. The van der Waals surface area contributed by atoms with Gasteiger partial charge in [0.1, 0.15) is 11.6 Å². The van der Waals surface area contributed by atoms with Gasteiger partial charge in [-0.1, -0.05) is 13.0 Å². The maximum Gasteiger partial charge on any atom is 0.281 e. The number of anilines is 2. The number of ether oxygens (including phenoxy) is 1. The molecule has 1 unspecified atom stereocenters. The summed E-state index contributed by atoms with van der Waals surface area (Å²) < 4.78 is 35.1. The lowest BCUT2D eigenvalue weighted by molar-refractivity contribution is 0.0981. The monoisotopic (exact) mass is 513 g/mol. The molecule has 4 heterocycles. The number of carbonyl (C=O) groups is 1. The van der Waals surface area contributed by atoms with Crippen molar-refractivity contribution in [1.82, 2.24) is 24.5 Å². The molecule has 3 N–H and O–H groups in total. The number of aromatic nitrogens is 4. The van der Waals surface area contributed by atoms with Gasteiger partial charge in [0.05, 0.1) is 24.1 Å². The van der Waals surface area contributed by atoms with E-state index in [0.29, 0.717) is 29.8 Å². The number of carbonyl (C=O) groups excluding carboxylic acids is 1. The molecule has 0 radical (unpaired) electrons. The van der Waals surface area contributed by atoms with Gasteiger partial charge in [0, 0.05) is 12.1 Å². The molecule has 12 heteroatoms. The quantitative estimate of drug-likeness (QED) is 0.487. The molecule has 0 bridgehead atoms.